The van der Waals surface area contributed by atoms with E-state index in [1.54, 1.807) is 13.1 Å². The van der Waals surface area contributed by atoms with Crippen molar-refractivity contribution in [1.82, 2.24) is 4.90 Å². The van der Waals surface area contributed by atoms with Crippen LogP contribution in [0.15, 0.2) is 18.2 Å². The van der Waals surface area contributed by atoms with Crippen LogP contribution >= 0.6 is 0 Å². The van der Waals surface area contributed by atoms with E-state index >= 15 is 0 Å². The van der Waals surface area contributed by atoms with Gasteiger partial charge in [-0.25, -0.2) is 4.39 Å². The standard InChI is InChI=1S/C13H18FNO2/c1-3-10-5-4-6-12(14)11(10)9-15(2)8-7-13(16)17/h4-6H,3,7-9H2,1-2H3,(H,16,17). The zero-order chi connectivity index (χ0) is 12.8. The van der Waals surface area contributed by atoms with Crippen LogP contribution in [0.25, 0.3) is 0 Å². The number of hydrogen-bond donors (Lipinski definition) is 1. The first-order valence-electron chi connectivity index (χ1n) is 5.71. The lowest BCUT2D eigenvalue weighted by molar-refractivity contribution is -0.137. The van der Waals surface area contributed by atoms with E-state index in [4.69, 9.17) is 5.11 Å². The van der Waals surface area contributed by atoms with Gasteiger partial charge in [0.25, 0.3) is 0 Å². The van der Waals surface area contributed by atoms with Crippen LogP contribution in [0.3, 0.4) is 0 Å². The van der Waals surface area contributed by atoms with E-state index in [0.717, 1.165) is 12.0 Å². The fourth-order valence-corrected chi connectivity index (χ4v) is 1.75. The van der Waals surface area contributed by atoms with Crippen molar-refractivity contribution < 1.29 is 14.3 Å². The molecule has 0 spiro atoms. The van der Waals surface area contributed by atoms with Gasteiger partial charge >= 0.3 is 5.97 Å². The Morgan fingerprint density at radius 3 is 2.76 bits per heavy atom. The van der Waals surface area contributed by atoms with Crippen molar-refractivity contribution in [1.29, 1.82) is 0 Å². The third kappa shape index (κ3) is 4.15. The molecule has 1 aromatic carbocycles. The minimum atomic E-state index is -0.832. The van der Waals surface area contributed by atoms with Gasteiger partial charge in [-0.2, -0.15) is 0 Å². The number of hydrogen-bond acceptors (Lipinski definition) is 2. The van der Waals surface area contributed by atoms with Gasteiger partial charge in [-0.15, -0.1) is 0 Å². The van der Waals surface area contributed by atoms with Crippen LogP contribution in [-0.2, 0) is 17.8 Å². The number of benzene rings is 1. The van der Waals surface area contributed by atoms with Crippen molar-refractivity contribution in [3.63, 3.8) is 0 Å². The molecule has 1 aromatic rings. The predicted octanol–water partition coefficient (Wildman–Crippen LogP) is 2.29. The molecule has 0 unspecified atom stereocenters. The molecule has 0 heterocycles. The van der Waals surface area contributed by atoms with Gasteiger partial charge in [0.05, 0.1) is 6.42 Å². The summed E-state index contributed by atoms with van der Waals surface area (Å²) in [5, 5.41) is 8.58. The summed E-state index contributed by atoms with van der Waals surface area (Å²) in [5.74, 6) is -1.05. The molecule has 0 aliphatic heterocycles. The van der Waals surface area contributed by atoms with Crippen LogP contribution in [0, 0.1) is 5.82 Å². The molecule has 17 heavy (non-hydrogen) atoms. The van der Waals surface area contributed by atoms with Crippen molar-refractivity contribution in [3.05, 3.63) is 35.1 Å². The van der Waals surface area contributed by atoms with Gasteiger partial charge in [-0.3, -0.25) is 4.79 Å². The molecule has 94 valence electrons. The molecular formula is C13H18FNO2. The topological polar surface area (TPSA) is 40.5 Å². The Hall–Kier alpha value is -1.42. The molecule has 0 aromatic heterocycles. The maximum absolute atomic E-state index is 13.7. The Morgan fingerprint density at radius 2 is 2.18 bits per heavy atom. The zero-order valence-corrected chi connectivity index (χ0v) is 10.2. The smallest absolute Gasteiger partial charge is 0.304 e. The molecule has 0 saturated carbocycles. The molecule has 4 heteroatoms. The minimum absolute atomic E-state index is 0.0758. The highest BCUT2D eigenvalue weighted by molar-refractivity contribution is 5.66. The Morgan fingerprint density at radius 1 is 1.47 bits per heavy atom. The minimum Gasteiger partial charge on any atom is -0.481 e. The fraction of sp³-hybridized carbons (Fsp3) is 0.462. The molecular weight excluding hydrogens is 221 g/mol. The normalized spacial score (nSPS) is 10.8. The average molecular weight is 239 g/mol. The number of aliphatic carboxylic acids is 1. The monoisotopic (exact) mass is 239 g/mol. The van der Waals surface area contributed by atoms with Crippen LogP contribution in [0.5, 0.6) is 0 Å². The summed E-state index contributed by atoms with van der Waals surface area (Å²) >= 11 is 0. The van der Waals surface area contributed by atoms with Crippen LogP contribution in [0.1, 0.15) is 24.5 Å². The van der Waals surface area contributed by atoms with Gasteiger partial charge < -0.3 is 10.0 Å². The molecule has 0 amide bonds. The van der Waals surface area contributed by atoms with Crippen LogP contribution in [-0.4, -0.2) is 29.6 Å². The van der Waals surface area contributed by atoms with Crippen molar-refractivity contribution in [2.24, 2.45) is 0 Å². The third-order valence-electron chi connectivity index (χ3n) is 2.73. The molecule has 3 nitrogen and oxygen atoms in total. The quantitative estimate of drug-likeness (QED) is 0.828. The molecule has 0 radical (unpaired) electrons. The number of nitrogens with zero attached hydrogens (tertiary/aromatic N) is 1. The zero-order valence-electron chi connectivity index (χ0n) is 10.2. The van der Waals surface area contributed by atoms with Gasteiger partial charge in [-0.1, -0.05) is 19.1 Å². The number of aryl methyl sites for hydroxylation is 1. The average Bonchev–Trinajstić information content (AvgIpc) is 2.29. The molecule has 0 fully saturated rings. The predicted molar refractivity (Wildman–Crippen MR) is 64.4 cm³/mol. The fourth-order valence-electron chi connectivity index (χ4n) is 1.75. The summed E-state index contributed by atoms with van der Waals surface area (Å²) in [7, 11) is 1.80. The SMILES string of the molecule is CCc1cccc(F)c1CN(C)CCC(=O)O. The third-order valence-corrected chi connectivity index (χ3v) is 2.73. The highest BCUT2D eigenvalue weighted by Crippen LogP contribution is 2.16. The van der Waals surface area contributed by atoms with E-state index in [9.17, 15) is 9.18 Å². The summed E-state index contributed by atoms with van der Waals surface area (Å²) in [6.45, 7) is 2.85. The molecule has 1 N–H and O–H groups in total. The van der Waals surface area contributed by atoms with E-state index in [1.807, 2.05) is 17.9 Å². The van der Waals surface area contributed by atoms with Gasteiger partial charge in [0.2, 0.25) is 0 Å². The molecule has 0 aliphatic carbocycles. The number of rotatable bonds is 6. The van der Waals surface area contributed by atoms with Gasteiger partial charge in [-0.05, 0) is 25.1 Å². The molecule has 1 rings (SSSR count). The lowest BCUT2D eigenvalue weighted by Crippen LogP contribution is -2.22. The van der Waals surface area contributed by atoms with E-state index < -0.39 is 5.97 Å². The first kappa shape index (κ1) is 13.6. The Kier molecular flexibility index (Phi) is 5.10. The Balaban J connectivity index is 2.70. The van der Waals surface area contributed by atoms with Crippen molar-refractivity contribution >= 4 is 5.97 Å². The van der Waals surface area contributed by atoms with E-state index in [0.29, 0.717) is 18.7 Å². The number of carboxylic acid groups (broad SMARTS) is 1. The number of carboxylic acids is 1. The number of halogens is 1. The van der Waals surface area contributed by atoms with Crippen LogP contribution in [0.4, 0.5) is 4.39 Å². The van der Waals surface area contributed by atoms with Crippen LogP contribution in [0.2, 0.25) is 0 Å². The maximum Gasteiger partial charge on any atom is 0.304 e. The molecule has 0 aliphatic rings. The van der Waals surface area contributed by atoms with Crippen LogP contribution < -0.4 is 0 Å². The van der Waals surface area contributed by atoms with Crippen molar-refractivity contribution in [2.45, 2.75) is 26.3 Å². The second-order valence-electron chi connectivity index (χ2n) is 4.11. The van der Waals surface area contributed by atoms with Gasteiger partial charge in [0.1, 0.15) is 5.82 Å². The first-order chi connectivity index (χ1) is 8.04. The highest BCUT2D eigenvalue weighted by atomic mass is 19.1. The Labute approximate surface area is 101 Å². The molecule has 0 saturated heterocycles. The number of carbonyl (C=O) groups is 1. The lowest BCUT2D eigenvalue weighted by atomic mass is 10.0. The van der Waals surface area contributed by atoms with E-state index in [1.165, 1.54) is 6.07 Å². The van der Waals surface area contributed by atoms with Gasteiger partial charge in [0.15, 0.2) is 0 Å². The summed E-state index contributed by atoms with van der Waals surface area (Å²) in [6.07, 6.45) is 0.853. The second kappa shape index (κ2) is 6.35. The van der Waals surface area contributed by atoms with E-state index in [2.05, 4.69) is 0 Å². The summed E-state index contributed by atoms with van der Waals surface area (Å²) in [6, 6.07) is 5.05. The van der Waals surface area contributed by atoms with E-state index in [-0.39, 0.29) is 12.2 Å². The summed E-state index contributed by atoms with van der Waals surface area (Å²) in [5.41, 5.74) is 1.65. The Bertz CT molecular complexity index is 393. The lowest BCUT2D eigenvalue weighted by Gasteiger charge is -2.18. The summed E-state index contributed by atoms with van der Waals surface area (Å²) < 4.78 is 13.7. The van der Waals surface area contributed by atoms with Crippen molar-refractivity contribution in [3.8, 4) is 0 Å². The summed E-state index contributed by atoms with van der Waals surface area (Å²) in [4.78, 5) is 12.3. The molecule has 0 bridgehead atoms. The first-order valence-corrected chi connectivity index (χ1v) is 5.71. The van der Waals surface area contributed by atoms with Crippen molar-refractivity contribution in [2.75, 3.05) is 13.6 Å². The highest BCUT2D eigenvalue weighted by Gasteiger charge is 2.10. The maximum atomic E-state index is 13.7. The second-order valence-corrected chi connectivity index (χ2v) is 4.11. The largest absolute Gasteiger partial charge is 0.481 e. The molecule has 0 atom stereocenters. The van der Waals surface area contributed by atoms with Gasteiger partial charge in [0, 0.05) is 18.7 Å².